The van der Waals surface area contributed by atoms with E-state index in [-0.39, 0.29) is 11.6 Å². The Kier molecular flexibility index (Phi) is 8.04. The molecule has 0 aromatic heterocycles. The van der Waals surface area contributed by atoms with Gasteiger partial charge in [-0.2, -0.15) is 0 Å². The molecule has 0 spiro atoms. The monoisotopic (exact) mass is 364 g/mol. The molecule has 0 saturated heterocycles. The standard InChI is InChI=1S/C23H24O4/c1-3-20(24)13-15-26-22-9-5-18(6-10-22)17-19-7-11-23(12-8-19)27-16-14-21(25)4-2/h3-12H,1-2,13-17H2. The van der Waals surface area contributed by atoms with Crippen molar-refractivity contribution < 1.29 is 19.1 Å². The van der Waals surface area contributed by atoms with E-state index >= 15 is 0 Å². The first kappa shape index (κ1) is 20.2. The highest BCUT2D eigenvalue weighted by molar-refractivity contribution is 5.89. The number of ketones is 2. The minimum absolute atomic E-state index is 0.0219. The van der Waals surface area contributed by atoms with Crippen LogP contribution in [0.3, 0.4) is 0 Å². The molecule has 4 nitrogen and oxygen atoms in total. The molecule has 140 valence electrons. The number of hydrogen-bond acceptors (Lipinski definition) is 4. The first-order valence-electron chi connectivity index (χ1n) is 8.84. The van der Waals surface area contributed by atoms with Gasteiger partial charge in [-0.25, -0.2) is 0 Å². The molecule has 2 rings (SSSR count). The van der Waals surface area contributed by atoms with Crippen LogP contribution in [0.2, 0.25) is 0 Å². The van der Waals surface area contributed by atoms with E-state index in [9.17, 15) is 9.59 Å². The van der Waals surface area contributed by atoms with E-state index in [1.807, 2.05) is 48.5 Å². The first-order chi connectivity index (χ1) is 13.1. The Morgan fingerprint density at radius 2 is 1.07 bits per heavy atom. The molecular formula is C23H24O4. The number of carbonyl (C=O) groups is 2. The molecule has 0 radical (unpaired) electrons. The van der Waals surface area contributed by atoms with Crippen molar-refractivity contribution in [2.45, 2.75) is 19.3 Å². The van der Waals surface area contributed by atoms with Crippen LogP contribution >= 0.6 is 0 Å². The van der Waals surface area contributed by atoms with Crippen molar-refractivity contribution in [1.82, 2.24) is 0 Å². The molecular weight excluding hydrogens is 340 g/mol. The van der Waals surface area contributed by atoms with E-state index in [1.54, 1.807) is 0 Å². The van der Waals surface area contributed by atoms with Gasteiger partial charge in [-0.15, -0.1) is 0 Å². The number of benzene rings is 2. The van der Waals surface area contributed by atoms with Gasteiger partial charge in [0.1, 0.15) is 11.5 Å². The van der Waals surface area contributed by atoms with Crippen LogP contribution < -0.4 is 9.47 Å². The van der Waals surface area contributed by atoms with Crippen LogP contribution in [0.5, 0.6) is 11.5 Å². The summed E-state index contributed by atoms with van der Waals surface area (Å²) in [6.45, 7) is 7.58. The molecule has 27 heavy (non-hydrogen) atoms. The van der Waals surface area contributed by atoms with E-state index in [2.05, 4.69) is 13.2 Å². The zero-order chi connectivity index (χ0) is 19.5. The molecule has 0 amide bonds. The Balaban J connectivity index is 1.80. The lowest BCUT2D eigenvalue weighted by atomic mass is 10.0. The molecule has 0 aliphatic heterocycles. The SMILES string of the molecule is C=CC(=O)CCOc1ccc(Cc2ccc(OCCC(=O)C=C)cc2)cc1. The van der Waals surface area contributed by atoms with Crippen molar-refractivity contribution in [2.75, 3.05) is 13.2 Å². The van der Waals surface area contributed by atoms with Crippen molar-refractivity contribution in [3.05, 3.63) is 85.0 Å². The normalized spacial score (nSPS) is 10.1. The summed E-state index contributed by atoms with van der Waals surface area (Å²) in [6, 6.07) is 15.7. The van der Waals surface area contributed by atoms with Crippen LogP contribution in [0.4, 0.5) is 0 Å². The summed E-state index contributed by atoms with van der Waals surface area (Å²) in [5.41, 5.74) is 2.32. The highest BCUT2D eigenvalue weighted by Gasteiger charge is 2.02. The Bertz CT molecular complexity index is 706. The third-order valence-corrected chi connectivity index (χ3v) is 3.94. The summed E-state index contributed by atoms with van der Waals surface area (Å²) >= 11 is 0. The Morgan fingerprint density at radius 3 is 1.41 bits per heavy atom. The van der Waals surface area contributed by atoms with Crippen molar-refractivity contribution in [3.8, 4) is 11.5 Å². The Morgan fingerprint density at radius 1 is 0.704 bits per heavy atom. The molecule has 4 heteroatoms. The highest BCUT2D eigenvalue weighted by atomic mass is 16.5. The fraction of sp³-hybridized carbons (Fsp3) is 0.217. The van der Waals surface area contributed by atoms with Gasteiger partial charge >= 0.3 is 0 Å². The molecule has 0 atom stereocenters. The summed E-state index contributed by atoms with van der Waals surface area (Å²) in [6.07, 6.45) is 4.08. The third-order valence-electron chi connectivity index (χ3n) is 3.94. The Labute approximate surface area is 160 Å². The molecule has 0 fully saturated rings. The van der Waals surface area contributed by atoms with Gasteiger partial charge in [-0.05, 0) is 54.0 Å². The quantitative estimate of drug-likeness (QED) is 0.526. The van der Waals surface area contributed by atoms with Crippen molar-refractivity contribution in [1.29, 1.82) is 0 Å². The minimum atomic E-state index is -0.0219. The van der Waals surface area contributed by atoms with Crippen molar-refractivity contribution in [2.24, 2.45) is 0 Å². The first-order valence-corrected chi connectivity index (χ1v) is 8.84. The summed E-state index contributed by atoms with van der Waals surface area (Å²) in [5, 5.41) is 0. The molecule has 0 aliphatic carbocycles. The topological polar surface area (TPSA) is 52.6 Å². The summed E-state index contributed by atoms with van der Waals surface area (Å²) in [5.74, 6) is 1.44. The lowest BCUT2D eigenvalue weighted by Gasteiger charge is -2.08. The maximum atomic E-state index is 11.2. The number of hydrogen-bond donors (Lipinski definition) is 0. The Hall–Kier alpha value is -3.14. The lowest BCUT2D eigenvalue weighted by molar-refractivity contribution is -0.115. The second-order valence-electron chi connectivity index (χ2n) is 6.00. The van der Waals surface area contributed by atoms with Crippen molar-refractivity contribution >= 4 is 11.6 Å². The van der Waals surface area contributed by atoms with E-state index in [0.717, 1.165) is 29.0 Å². The van der Waals surface area contributed by atoms with Gasteiger partial charge in [0.25, 0.3) is 0 Å². The zero-order valence-corrected chi connectivity index (χ0v) is 15.4. The predicted octanol–water partition coefficient (Wildman–Crippen LogP) is 4.33. The summed E-state index contributed by atoms with van der Waals surface area (Å²) in [4.78, 5) is 22.3. The maximum absolute atomic E-state index is 11.2. The zero-order valence-electron chi connectivity index (χ0n) is 15.4. The molecule has 2 aromatic carbocycles. The van der Waals surface area contributed by atoms with E-state index in [4.69, 9.17) is 9.47 Å². The van der Waals surface area contributed by atoms with Crippen LogP contribution in [0.1, 0.15) is 24.0 Å². The molecule has 0 aliphatic rings. The van der Waals surface area contributed by atoms with Gasteiger partial charge in [0.05, 0.1) is 13.2 Å². The van der Waals surface area contributed by atoms with E-state index in [0.29, 0.717) is 26.1 Å². The number of carbonyl (C=O) groups excluding carboxylic acids is 2. The second-order valence-corrected chi connectivity index (χ2v) is 6.00. The van der Waals surface area contributed by atoms with E-state index in [1.165, 1.54) is 12.2 Å². The van der Waals surface area contributed by atoms with Crippen LogP contribution in [-0.4, -0.2) is 24.8 Å². The van der Waals surface area contributed by atoms with E-state index < -0.39 is 0 Å². The van der Waals surface area contributed by atoms with Crippen molar-refractivity contribution in [3.63, 3.8) is 0 Å². The fourth-order valence-electron chi connectivity index (χ4n) is 2.39. The molecule has 0 saturated carbocycles. The van der Waals surface area contributed by atoms with Crippen LogP contribution in [0.25, 0.3) is 0 Å². The second kappa shape index (κ2) is 10.8. The van der Waals surface area contributed by atoms with Gasteiger partial charge < -0.3 is 9.47 Å². The average molecular weight is 364 g/mol. The van der Waals surface area contributed by atoms with Crippen LogP contribution in [0, 0.1) is 0 Å². The maximum Gasteiger partial charge on any atom is 0.158 e. The van der Waals surface area contributed by atoms with Gasteiger partial charge in [0, 0.05) is 12.8 Å². The molecule has 0 unspecified atom stereocenters. The number of rotatable bonds is 12. The molecule has 0 bridgehead atoms. The number of ether oxygens (including phenoxy) is 2. The molecule has 0 N–H and O–H groups in total. The number of allylic oxidation sites excluding steroid dienone is 2. The van der Waals surface area contributed by atoms with Gasteiger partial charge in [-0.3, -0.25) is 9.59 Å². The van der Waals surface area contributed by atoms with Crippen LogP contribution in [0.15, 0.2) is 73.8 Å². The summed E-state index contributed by atoms with van der Waals surface area (Å²) < 4.78 is 11.1. The smallest absolute Gasteiger partial charge is 0.158 e. The fourth-order valence-corrected chi connectivity index (χ4v) is 2.39. The largest absolute Gasteiger partial charge is 0.493 e. The predicted molar refractivity (Wildman–Crippen MR) is 106 cm³/mol. The van der Waals surface area contributed by atoms with Gasteiger partial charge in [-0.1, -0.05) is 37.4 Å². The molecule has 0 heterocycles. The van der Waals surface area contributed by atoms with Gasteiger partial charge in [0.2, 0.25) is 0 Å². The highest BCUT2D eigenvalue weighted by Crippen LogP contribution is 2.18. The molecule has 2 aromatic rings. The lowest BCUT2D eigenvalue weighted by Crippen LogP contribution is -2.03. The van der Waals surface area contributed by atoms with Crippen LogP contribution in [-0.2, 0) is 16.0 Å². The van der Waals surface area contributed by atoms with Gasteiger partial charge in [0.15, 0.2) is 11.6 Å². The average Bonchev–Trinajstić information content (AvgIpc) is 2.70. The minimum Gasteiger partial charge on any atom is -0.493 e. The summed E-state index contributed by atoms with van der Waals surface area (Å²) in [7, 11) is 0. The third kappa shape index (κ3) is 7.32.